The Bertz CT molecular complexity index is 1320. The largest absolute Gasteiger partial charge is 0.383 e. The van der Waals surface area contributed by atoms with Gasteiger partial charge in [-0.15, -0.1) is 11.8 Å². The summed E-state index contributed by atoms with van der Waals surface area (Å²) in [4.78, 5) is 23.0. The lowest BCUT2D eigenvalue weighted by Crippen LogP contribution is -2.42. The molecule has 0 saturated carbocycles. The van der Waals surface area contributed by atoms with Gasteiger partial charge in [-0.3, -0.25) is 4.79 Å². The molecular weight excluding hydrogens is 542 g/mol. The maximum atomic E-state index is 14.1. The number of hydrogen-bond donors (Lipinski definition) is 1. The van der Waals surface area contributed by atoms with Gasteiger partial charge in [-0.2, -0.15) is 0 Å². The summed E-state index contributed by atoms with van der Waals surface area (Å²) in [6.45, 7) is 5.98. The minimum Gasteiger partial charge on any atom is -0.383 e. The van der Waals surface area contributed by atoms with E-state index in [9.17, 15) is 9.18 Å². The van der Waals surface area contributed by atoms with Crippen LogP contribution < -0.4 is 5.73 Å². The number of nitrogens with two attached hydrogens (primary N) is 1. The first-order valence-corrected chi connectivity index (χ1v) is 14.6. The number of pyridine rings is 1. The van der Waals surface area contributed by atoms with Crippen molar-refractivity contribution in [3.63, 3.8) is 0 Å². The van der Waals surface area contributed by atoms with Crippen molar-refractivity contribution in [1.29, 1.82) is 0 Å². The van der Waals surface area contributed by atoms with E-state index in [0.29, 0.717) is 28.0 Å². The monoisotopic (exact) mass is 572 g/mol. The molecule has 2 aliphatic heterocycles. The number of hydrogen-bond acceptors (Lipinski definition) is 5. The summed E-state index contributed by atoms with van der Waals surface area (Å²) in [5.74, 6) is -0.0361. The number of nitrogens with zero attached hydrogens (tertiary/aromatic N) is 3. The second-order valence-electron chi connectivity index (χ2n) is 10.0. The minimum absolute atomic E-state index is 0.0149. The van der Waals surface area contributed by atoms with Crippen molar-refractivity contribution in [2.75, 3.05) is 31.9 Å². The second-order valence-corrected chi connectivity index (χ2v) is 12.2. The van der Waals surface area contributed by atoms with E-state index in [1.165, 1.54) is 36.7 Å². The molecule has 3 aromatic rings. The number of anilines is 1. The highest BCUT2D eigenvalue weighted by molar-refractivity contribution is 7.99. The molecule has 0 spiro atoms. The van der Waals surface area contributed by atoms with Crippen LogP contribution in [0.4, 0.5) is 10.2 Å². The van der Waals surface area contributed by atoms with Gasteiger partial charge >= 0.3 is 0 Å². The van der Waals surface area contributed by atoms with Crippen LogP contribution in [0.2, 0.25) is 10.0 Å². The highest BCUT2D eigenvalue weighted by atomic mass is 35.5. The zero-order valence-corrected chi connectivity index (χ0v) is 23.6. The number of amides is 1. The van der Waals surface area contributed by atoms with Crippen molar-refractivity contribution in [2.24, 2.45) is 0 Å². The fraction of sp³-hybridized carbons (Fsp3) is 0.379. The fourth-order valence-corrected chi connectivity index (χ4v) is 7.34. The summed E-state index contributed by atoms with van der Waals surface area (Å²) in [6, 6.07) is 12.7. The number of aromatic nitrogens is 1. The lowest BCUT2D eigenvalue weighted by Gasteiger charge is -2.28. The van der Waals surface area contributed by atoms with Crippen LogP contribution in [0.5, 0.6) is 0 Å². The molecule has 1 amide bonds. The second kappa shape index (κ2) is 11.8. The Morgan fingerprint density at radius 3 is 2.58 bits per heavy atom. The fourth-order valence-electron chi connectivity index (χ4n) is 5.40. The molecule has 2 N–H and O–H groups in total. The molecule has 2 aliphatic rings. The molecule has 0 bridgehead atoms. The molecule has 1 aromatic heterocycles. The van der Waals surface area contributed by atoms with E-state index in [-0.39, 0.29) is 16.2 Å². The van der Waals surface area contributed by atoms with E-state index in [1.807, 2.05) is 37.3 Å². The number of likely N-dealkylation sites (tertiary alicyclic amines) is 2. The third-order valence-electron chi connectivity index (χ3n) is 7.44. The van der Waals surface area contributed by atoms with Crippen LogP contribution in [0, 0.1) is 5.82 Å². The highest BCUT2D eigenvalue weighted by Crippen LogP contribution is 2.44. The number of thioether (sulfide) groups is 1. The quantitative estimate of drug-likeness (QED) is 0.237. The van der Waals surface area contributed by atoms with Crippen LogP contribution in [-0.2, 0) is 0 Å². The number of benzene rings is 2. The molecule has 2 aromatic carbocycles. The van der Waals surface area contributed by atoms with E-state index in [4.69, 9.17) is 28.9 Å². The summed E-state index contributed by atoms with van der Waals surface area (Å²) in [6.07, 6.45) is 6.36. The predicted octanol–water partition coefficient (Wildman–Crippen LogP) is 7.33. The van der Waals surface area contributed by atoms with E-state index in [1.54, 1.807) is 6.20 Å². The molecule has 0 aliphatic carbocycles. The van der Waals surface area contributed by atoms with Gasteiger partial charge in [0.15, 0.2) is 0 Å². The molecule has 0 radical (unpaired) electrons. The predicted molar refractivity (Wildman–Crippen MR) is 155 cm³/mol. The molecule has 200 valence electrons. The van der Waals surface area contributed by atoms with Gasteiger partial charge in [0.1, 0.15) is 11.6 Å². The molecule has 2 unspecified atom stereocenters. The Hall–Kier alpha value is -2.32. The third kappa shape index (κ3) is 5.81. The molecule has 3 heterocycles. The van der Waals surface area contributed by atoms with E-state index >= 15 is 0 Å². The maximum absolute atomic E-state index is 14.1. The normalized spacial score (nSPS) is 18.7. The lowest BCUT2D eigenvalue weighted by atomic mass is 10.0. The maximum Gasteiger partial charge on any atom is 0.254 e. The molecule has 5 rings (SSSR count). The van der Waals surface area contributed by atoms with Crippen LogP contribution in [0.3, 0.4) is 0 Å². The first kappa shape index (κ1) is 27.3. The van der Waals surface area contributed by atoms with Crippen LogP contribution in [0.1, 0.15) is 53.8 Å². The van der Waals surface area contributed by atoms with Crippen molar-refractivity contribution >= 4 is 46.7 Å². The number of rotatable bonds is 7. The van der Waals surface area contributed by atoms with Gasteiger partial charge in [0.2, 0.25) is 0 Å². The third-order valence-corrected chi connectivity index (χ3v) is 9.33. The van der Waals surface area contributed by atoms with E-state index < -0.39 is 5.82 Å². The summed E-state index contributed by atoms with van der Waals surface area (Å²) < 4.78 is 14.1. The summed E-state index contributed by atoms with van der Waals surface area (Å²) in [5.41, 5.74) is 9.21. The van der Waals surface area contributed by atoms with Gasteiger partial charge in [-0.05, 0) is 81.6 Å². The molecule has 38 heavy (non-hydrogen) atoms. The molecule has 5 nitrogen and oxygen atoms in total. The van der Waals surface area contributed by atoms with E-state index in [0.717, 1.165) is 55.0 Å². The van der Waals surface area contributed by atoms with Crippen molar-refractivity contribution in [3.05, 3.63) is 75.7 Å². The first-order valence-electron chi connectivity index (χ1n) is 13.0. The first-order chi connectivity index (χ1) is 18.3. The van der Waals surface area contributed by atoms with Crippen molar-refractivity contribution in [3.8, 4) is 11.1 Å². The number of halogens is 3. The van der Waals surface area contributed by atoms with Crippen LogP contribution >= 0.6 is 35.0 Å². The van der Waals surface area contributed by atoms with Crippen molar-refractivity contribution in [2.45, 2.75) is 48.8 Å². The SMILES string of the molecule is CC(Sc1cc(-c2ccc(C(=O)N3CCCC3CN3CCCC3)cc2)cnc1N)c1c(Cl)ccc(F)c1Cl. The minimum atomic E-state index is -0.510. The van der Waals surface area contributed by atoms with Gasteiger partial charge in [0, 0.05) is 52.3 Å². The average molecular weight is 574 g/mol. The van der Waals surface area contributed by atoms with Gasteiger partial charge < -0.3 is 15.5 Å². The zero-order chi connectivity index (χ0) is 26.8. The standard InChI is InChI=1S/C29H31Cl2FN4OS/c1-18(26-23(30)10-11-24(32)27(26)31)38-25-15-21(16-34-28(25)33)19-6-8-20(9-7-19)29(37)36-14-4-5-22(36)17-35-12-2-3-13-35/h6-11,15-16,18,22H,2-5,12-14,17H2,1H3,(H2,33,34). The van der Waals surface area contributed by atoms with Crippen molar-refractivity contribution in [1.82, 2.24) is 14.8 Å². The number of carbonyl (C=O) groups excluding carboxylic acids is 1. The molecule has 2 saturated heterocycles. The van der Waals surface area contributed by atoms with E-state index in [2.05, 4.69) is 14.8 Å². The average Bonchev–Trinajstić information content (AvgIpc) is 3.60. The smallest absolute Gasteiger partial charge is 0.254 e. The Balaban J connectivity index is 1.31. The molecule has 2 atom stereocenters. The van der Waals surface area contributed by atoms with Gasteiger partial charge in [0.05, 0.1) is 9.92 Å². The Kier molecular flexibility index (Phi) is 8.48. The summed E-state index contributed by atoms with van der Waals surface area (Å²) in [5, 5.41) is 0.167. The Morgan fingerprint density at radius 1 is 1.11 bits per heavy atom. The zero-order valence-electron chi connectivity index (χ0n) is 21.3. The van der Waals surface area contributed by atoms with Crippen LogP contribution in [0.15, 0.2) is 53.6 Å². The van der Waals surface area contributed by atoms with Gasteiger partial charge in [-0.1, -0.05) is 35.3 Å². The number of nitrogen functional groups attached to an aromatic ring is 1. The topological polar surface area (TPSA) is 62.5 Å². The Morgan fingerprint density at radius 2 is 1.84 bits per heavy atom. The summed E-state index contributed by atoms with van der Waals surface area (Å²) in [7, 11) is 0. The van der Waals surface area contributed by atoms with Gasteiger partial charge in [0.25, 0.3) is 5.91 Å². The molecule has 9 heteroatoms. The lowest BCUT2D eigenvalue weighted by molar-refractivity contribution is 0.0709. The van der Waals surface area contributed by atoms with Crippen LogP contribution in [0.25, 0.3) is 11.1 Å². The summed E-state index contributed by atoms with van der Waals surface area (Å²) >= 11 is 14.0. The highest BCUT2D eigenvalue weighted by Gasteiger charge is 2.31. The van der Waals surface area contributed by atoms with Crippen molar-refractivity contribution < 1.29 is 9.18 Å². The van der Waals surface area contributed by atoms with Gasteiger partial charge in [-0.25, -0.2) is 9.37 Å². The number of carbonyl (C=O) groups is 1. The molecular formula is C29H31Cl2FN4OS. The Labute approximate surface area is 237 Å². The molecule has 2 fully saturated rings. The van der Waals surface area contributed by atoms with Crippen LogP contribution in [-0.4, -0.2) is 52.9 Å².